The first-order valence-corrected chi connectivity index (χ1v) is 8.67. The molecule has 0 radical (unpaired) electrons. The van der Waals surface area contributed by atoms with E-state index in [-0.39, 0.29) is 18.6 Å². The van der Waals surface area contributed by atoms with Gasteiger partial charge in [0.1, 0.15) is 11.5 Å². The topological polar surface area (TPSA) is 47.6 Å². The van der Waals surface area contributed by atoms with Crippen LogP contribution in [0, 0.1) is 5.92 Å². The zero-order valence-corrected chi connectivity index (χ0v) is 15.5. The number of methoxy groups -OCH3 is 1. The molecule has 134 valence electrons. The largest absolute Gasteiger partial charge is 0.497 e. The molecule has 0 aromatic heterocycles. The van der Waals surface area contributed by atoms with Crippen molar-refractivity contribution in [2.75, 3.05) is 13.7 Å². The molecule has 1 atom stereocenters. The molecule has 0 aliphatic heterocycles. The molecule has 0 aliphatic rings. The van der Waals surface area contributed by atoms with Crippen molar-refractivity contribution < 1.29 is 14.3 Å². The fraction of sp³-hybridized carbons (Fsp3) is 0.350. The Balaban J connectivity index is 1.98. The third-order valence-electron chi connectivity index (χ3n) is 3.73. The zero-order valence-electron chi connectivity index (χ0n) is 14.8. The summed E-state index contributed by atoms with van der Waals surface area (Å²) in [6, 6.07) is 14.7. The molecule has 2 aromatic carbocycles. The highest BCUT2D eigenvalue weighted by molar-refractivity contribution is 6.30. The minimum absolute atomic E-state index is 0.0505. The van der Waals surface area contributed by atoms with E-state index < -0.39 is 0 Å². The summed E-state index contributed by atoms with van der Waals surface area (Å²) in [5.41, 5.74) is 1.05. The van der Waals surface area contributed by atoms with Gasteiger partial charge in [0, 0.05) is 5.02 Å². The van der Waals surface area contributed by atoms with Crippen molar-refractivity contribution in [3.8, 4) is 11.5 Å². The Morgan fingerprint density at radius 2 is 1.84 bits per heavy atom. The number of rotatable bonds is 8. The molecule has 0 saturated heterocycles. The molecule has 0 saturated carbocycles. The van der Waals surface area contributed by atoms with Gasteiger partial charge in [0.05, 0.1) is 13.2 Å². The van der Waals surface area contributed by atoms with Gasteiger partial charge in [-0.1, -0.05) is 43.6 Å². The van der Waals surface area contributed by atoms with E-state index in [1.807, 2.05) is 24.3 Å². The van der Waals surface area contributed by atoms with E-state index in [2.05, 4.69) is 19.2 Å². The Morgan fingerprint density at radius 3 is 2.44 bits per heavy atom. The van der Waals surface area contributed by atoms with Crippen LogP contribution >= 0.6 is 11.6 Å². The maximum Gasteiger partial charge on any atom is 0.258 e. The number of halogens is 1. The third-order valence-corrected chi connectivity index (χ3v) is 3.96. The highest BCUT2D eigenvalue weighted by Gasteiger charge is 2.16. The monoisotopic (exact) mass is 361 g/mol. The van der Waals surface area contributed by atoms with Gasteiger partial charge in [0.15, 0.2) is 6.61 Å². The van der Waals surface area contributed by atoms with Crippen LogP contribution in [0.5, 0.6) is 11.5 Å². The first kappa shape index (κ1) is 19.1. The molecule has 25 heavy (non-hydrogen) atoms. The predicted molar refractivity (Wildman–Crippen MR) is 100 cm³/mol. The lowest BCUT2D eigenvalue weighted by Crippen LogP contribution is -2.33. The van der Waals surface area contributed by atoms with E-state index in [1.54, 1.807) is 31.4 Å². The Bertz CT molecular complexity index is 686. The fourth-order valence-corrected chi connectivity index (χ4v) is 2.71. The fourth-order valence-electron chi connectivity index (χ4n) is 2.53. The molecule has 0 bridgehead atoms. The molecule has 5 heteroatoms. The smallest absolute Gasteiger partial charge is 0.258 e. The summed E-state index contributed by atoms with van der Waals surface area (Å²) in [4.78, 5) is 12.3. The number of benzene rings is 2. The molecule has 2 rings (SSSR count). The highest BCUT2D eigenvalue weighted by Crippen LogP contribution is 2.23. The zero-order chi connectivity index (χ0) is 18.2. The van der Waals surface area contributed by atoms with Crippen LogP contribution in [-0.4, -0.2) is 19.6 Å². The second-order valence-corrected chi connectivity index (χ2v) is 6.71. The Kier molecular flexibility index (Phi) is 7.14. The van der Waals surface area contributed by atoms with Crippen LogP contribution in [0.2, 0.25) is 5.02 Å². The molecular weight excluding hydrogens is 338 g/mol. The minimum Gasteiger partial charge on any atom is -0.497 e. The number of hydrogen-bond donors (Lipinski definition) is 1. The minimum atomic E-state index is -0.165. The molecule has 0 spiro atoms. The second kappa shape index (κ2) is 9.33. The molecule has 1 N–H and O–H groups in total. The maximum absolute atomic E-state index is 12.3. The maximum atomic E-state index is 12.3. The molecule has 2 aromatic rings. The lowest BCUT2D eigenvalue weighted by Gasteiger charge is -2.21. The Labute approximate surface area is 154 Å². The van der Waals surface area contributed by atoms with Gasteiger partial charge in [0.2, 0.25) is 0 Å². The van der Waals surface area contributed by atoms with Crippen molar-refractivity contribution in [3.05, 3.63) is 59.1 Å². The van der Waals surface area contributed by atoms with Gasteiger partial charge in [-0.3, -0.25) is 4.79 Å². The number of amides is 1. The standard InChI is InChI=1S/C20H24ClNO3/c1-14(2)11-19(15-7-9-17(24-3)10-8-15)22-20(23)13-25-18-6-4-5-16(21)12-18/h4-10,12,14,19H,11,13H2,1-3H3,(H,22,23)/t19-/m1/s1. The molecule has 0 unspecified atom stereocenters. The van der Waals surface area contributed by atoms with Crippen LogP contribution in [0.15, 0.2) is 48.5 Å². The third kappa shape index (κ3) is 6.31. The van der Waals surface area contributed by atoms with Gasteiger partial charge in [-0.2, -0.15) is 0 Å². The van der Waals surface area contributed by atoms with Crippen LogP contribution in [0.1, 0.15) is 31.9 Å². The number of hydrogen-bond acceptors (Lipinski definition) is 3. The van der Waals surface area contributed by atoms with Gasteiger partial charge < -0.3 is 14.8 Å². The molecule has 0 heterocycles. The molecule has 0 fully saturated rings. The van der Waals surface area contributed by atoms with Crippen LogP contribution in [-0.2, 0) is 4.79 Å². The van der Waals surface area contributed by atoms with Crippen molar-refractivity contribution in [1.82, 2.24) is 5.32 Å². The van der Waals surface area contributed by atoms with E-state index >= 15 is 0 Å². The van der Waals surface area contributed by atoms with Gasteiger partial charge in [-0.15, -0.1) is 0 Å². The van der Waals surface area contributed by atoms with E-state index in [0.717, 1.165) is 17.7 Å². The van der Waals surface area contributed by atoms with Gasteiger partial charge >= 0.3 is 0 Å². The van der Waals surface area contributed by atoms with E-state index in [1.165, 1.54) is 0 Å². The van der Waals surface area contributed by atoms with Crippen molar-refractivity contribution in [2.24, 2.45) is 5.92 Å². The summed E-state index contributed by atoms with van der Waals surface area (Å²) in [5.74, 6) is 1.65. The first-order valence-electron chi connectivity index (χ1n) is 8.29. The number of nitrogens with one attached hydrogen (secondary N) is 1. The summed E-state index contributed by atoms with van der Waals surface area (Å²) < 4.78 is 10.7. The summed E-state index contributed by atoms with van der Waals surface area (Å²) in [6.45, 7) is 4.21. The number of ether oxygens (including phenoxy) is 2. The van der Waals surface area contributed by atoms with Crippen molar-refractivity contribution >= 4 is 17.5 Å². The van der Waals surface area contributed by atoms with Crippen LogP contribution < -0.4 is 14.8 Å². The van der Waals surface area contributed by atoms with Crippen LogP contribution in [0.4, 0.5) is 0 Å². The lowest BCUT2D eigenvalue weighted by molar-refractivity contribution is -0.124. The molecular formula is C20H24ClNO3. The molecule has 4 nitrogen and oxygen atoms in total. The van der Waals surface area contributed by atoms with Crippen LogP contribution in [0.3, 0.4) is 0 Å². The quantitative estimate of drug-likeness (QED) is 0.745. The lowest BCUT2D eigenvalue weighted by atomic mass is 9.97. The summed E-state index contributed by atoms with van der Waals surface area (Å²) >= 11 is 5.92. The Morgan fingerprint density at radius 1 is 1.12 bits per heavy atom. The summed E-state index contributed by atoms with van der Waals surface area (Å²) in [5, 5.41) is 3.63. The molecule has 1 amide bonds. The van der Waals surface area contributed by atoms with Gasteiger partial charge in [-0.05, 0) is 48.2 Å². The van der Waals surface area contributed by atoms with E-state index in [4.69, 9.17) is 21.1 Å². The number of carbonyl (C=O) groups is 1. The van der Waals surface area contributed by atoms with Gasteiger partial charge in [-0.25, -0.2) is 0 Å². The Hall–Kier alpha value is -2.20. The van der Waals surface area contributed by atoms with Crippen molar-refractivity contribution in [3.63, 3.8) is 0 Å². The van der Waals surface area contributed by atoms with Crippen LogP contribution in [0.25, 0.3) is 0 Å². The number of carbonyl (C=O) groups excluding carboxylic acids is 1. The average molecular weight is 362 g/mol. The SMILES string of the molecule is COc1ccc([C@@H](CC(C)C)NC(=O)COc2cccc(Cl)c2)cc1. The molecule has 0 aliphatic carbocycles. The van der Waals surface area contributed by atoms with Crippen molar-refractivity contribution in [2.45, 2.75) is 26.3 Å². The summed E-state index contributed by atoms with van der Waals surface area (Å²) in [6.07, 6.45) is 0.842. The highest BCUT2D eigenvalue weighted by atomic mass is 35.5. The second-order valence-electron chi connectivity index (χ2n) is 6.27. The normalized spacial score (nSPS) is 11.9. The average Bonchev–Trinajstić information content (AvgIpc) is 2.59. The first-order chi connectivity index (χ1) is 12.0. The summed E-state index contributed by atoms with van der Waals surface area (Å²) in [7, 11) is 1.63. The van der Waals surface area contributed by atoms with Crippen molar-refractivity contribution in [1.29, 1.82) is 0 Å². The predicted octanol–water partition coefficient (Wildman–Crippen LogP) is 4.63. The van der Waals surface area contributed by atoms with Gasteiger partial charge in [0.25, 0.3) is 5.91 Å². The van der Waals surface area contributed by atoms with E-state index in [0.29, 0.717) is 16.7 Å². The van der Waals surface area contributed by atoms with E-state index in [9.17, 15) is 4.79 Å².